The first-order valence-corrected chi connectivity index (χ1v) is 6.65. The number of ether oxygens (including phenoxy) is 1. The van der Waals surface area contributed by atoms with Crippen LogP contribution in [-0.4, -0.2) is 11.5 Å². The Morgan fingerprint density at radius 2 is 2.33 bits per heavy atom. The topological polar surface area (TPSA) is 34.2 Å². The van der Waals surface area contributed by atoms with Crippen LogP contribution in [-0.2, 0) is 6.61 Å². The third-order valence-electron chi connectivity index (χ3n) is 2.15. The standard InChI is InChI=1S/C12H12ClFN2OS/c1-2-15-12-16-6-9(18-12)7-17-8-3-4-10(13)11(14)5-8/h3-6H,2,7H2,1H3,(H,15,16). The smallest absolute Gasteiger partial charge is 0.182 e. The van der Waals surface area contributed by atoms with Crippen LogP contribution in [0, 0.1) is 5.82 Å². The van der Waals surface area contributed by atoms with Crippen molar-refractivity contribution in [1.29, 1.82) is 0 Å². The number of benzene rings is 1. The molecule has 0 saturated heterocycles. The average molecular weight is 287 g/mol. The minimum atomic E-state index is -0.480. The van der Waals surface area contributed by atoms with E-state index in [1.807, 2.05) is 6.92 Å². The molecule has 0 unspecified atom stereocenters. The molecule has 1 aromatic carbocycles. The highest BCUT2D eigenvalue weighted by Crippen LogP contribution is 2.23. The van der Waals surface area contributed by atoms with Gasteiger partial charge >= 0.3 is 0 Å². The third-order valence-corrected chi connectivity index (χ3v) is 3.39. The Morgan fingerprint density at radius 3 is 3.06 bits per heavy atom. The van der Waals surface area contributed by atoms with Gasteiger partial charge in [-0.25, -0.2) is 9.37 Å². The summed E-state index contributed by atoms with van der Waals surface area (Å²) in [7, 11) is 0. The summed E-state index contributed by atoms with van der Waals surface area (Å²) in [5.41, 5.74) is 0. The highest BCUT2D eigenvalue weighted by molar-refractivity contribution is 7.15. The molecule has 18 heavy (non-hydrogen) atoms. The van der Waals surface area contributed by atoms with Crippen molar-refractivity contribution in [1.82, 2.24) is 4.98 Å². The van der Waals surface area contributed by atoms with Gasteiger partial charge in [-0.2, -0.15) is 0 Å². The van der Waals surface area contributed by atoms with Crippen LogP contribution in [0.2, 0.25) is 5.02 Å². The van der Waals surface area contributed by atoms with Crippen LogP contribution in [0.3, 0.4) is 0 Å². The van der Waals surface area contributed by atoms with Crippen LogP contribution in [0.5, 0.6) is 5.75 Å². The lowest BCUT2D eigenvalue weighted by Crippen LogP contribution is -1.94. The molecule has 0 amide bonds. The molecule has 0 bridgehead atoms. The first-order valence-electron chi connectivity index (χ1n) is 5.45. The van der Waals surface area contributed by atoms with Gasteiger partial charge in [0.2, 0.25) is 0 Å². The van der Waals surface area contributed by atoms with Gasteiger partial charge in [-0.3, -0.25) is 0 Å². The fourth-order valence-electron chi connectivity index (χ4n) is 1.33. The summed E-state index contributed by atoms with van der Waals surface area (Å²) in [5.74, 6) is -0.0258. The van der Waals surface area contributed by atoms with Crippen molar-refractivity contribution < 1.29 is 9.13 Å². The molecule has 2 aromatic rings. The van der Waals surface area contributed by atoms with Crippen molar-refractivity contribution >= 4 is 28.1 Å². The van der Waals surface area contributed by atoms with Gasteiger partial charge in [0.1, 0.15) is 18.2 Å². The number of halogens is 2. The highest BCUT2D eigenvalue weighted by atomic mass is 35.5. The Bertz CT molecular complexity index is 533. The molecule has 0 aliphatic heterocycles. The van der Waals surface area contributed by atoms with E-state index >= 15 is 0 Å². The van der Waals surface area contributed by atoms with Gasteiger partial charge in [0, 0.05) is 18.8 Å². The number of nitrogens with zero attached hydrogens (tertiary/aromatic N) is 1. The molecular weight excluding hydrogens is 275 g/mol. The Hall–Kier alpha value is -1.33. The molecule has 1 aromatic heterocycles. The lowest BCUT2D eigenvalue weighted by Gasteiger charge is -2.04. The molecule has 1 N–H and O–H groups in total. The largest absolute Gasteiger partial charge is 0.488 e. The Balaban J connectivity index is 1.95. The zero-order chi connectivity index (χ0) is 13.0. The number of anilines is 1. The molecule has 0 atom stereocenters. The quantitative estimate of drug-likeness (QED) is 0.904. The number of nitrogens with one attached hydrogen (secondary N) is 1. The van der Waals surface area contributed by atoms with Crippen LogP contribution >= 0.6 is 22.9 Å². The molecule has 0 spiro atoms. The number of rotatable bonds is 5. The van der Waals surface area contributed by atoms with Crippen molar-refractivity contribution in [3.8, 4) is 5.75 Å². The van der Waals surface area contributed by atoms with E-state index in [2.05, 4.69) is 10.3 Å². The zero-order valence-corrected chi connectivity index (χ0v) is 11.3. The SMILES string of the molecule is CCNc1ncc(COc2ccc(Cl)c(F)c2)s1. The maximum absolute atomic E-state index is 13.2. The molecular formula is C12H12ClFN2OS. The van der Waals surface area contributed by atoms with E-state index in [4.69, 9.17) is 16.3 Å². The van der Waals surface area contributed by atoms with Crippen LogP contribution in [0.25, 0.3) is 0 Å². The number of aromatic nitrogens is 1. The molecule has 1 heterocycles. The molecule has 0 aliphatic carbocycles. The monoisotopic (exact) mass is 286 g/mol. The second-order valence-electron chi connectivity index (χ2n) is 3.53. The second-order valence-corrected chi connectivity index (χ2v) is 5.05. The van der Waals surface area contributed by atoms with E-state index in [-0.39, 0.29) is 5.02 Å². The number of hydrogen-bond donors (Lipinski definition) is 1. The first kappa shape index (κ1) is 13.1. The minimum absolute atomic E-state index is 0.0922. The minimum Gasteiger partial charge on any atom is -0.488 e. The second kappa shape index (κ2) is 6.02. The molecule has 0 aliphatic rings. The van der Waals surface area contributed by atoms with Crippen LogP contribution in [0.15, 0.2) is 24.4 Å². The number of hydrogen-bond acceptors (Lipinski definition) is 4. The van der Waals surface area contributed by atoms with Crippen LogP contribution in [0.1, 0.15) is 11.8 Å². The van der Waals surface area contributed by atoms with E-state index in [1.54, 1.807) is 12.3 Å². The number of thiazole rings is 1. The van der Waals surface area contributed by atoms with Crippen LogP contribution < -0.4 is 10.1 Å². The van der Waals surface area contributed by atoms with Crippen molar-refractivity contribution in [2.24, 2.45) is 0 Å². The molecule has 96 valence electrons. The van der Waals surface area contributed by atoms with E-state index < -0.39 is 5.82 Å². The summed E-state index contributed by atoms with van der Waals surface area (Å²) in [6.07, 6.45) is 1.74. The van der Waals surface area contributed by atoms with Crippen molar-refractivity contribution in [2.45, 2.75) is 13.5 Å². The van der Waals surface area contributed by atoms with Gasteiger partial charge in [0.15, 0.2) is 5.13 Å². The lowest BCUT2D eigenvalue weighted by atomic mass is 10.3. The van der Waals surface area contributed by atoms with Gasteiger partial charge < -0.3 is 10.1 Å². The van der Waals surface area contributed by atoms with Crippen molar-refractivity contribution in [3.63, 3.8) is 0 Å². The molecule has 2 rings (SSSR count). The lowest BCUT2D eigenvalue weighted by molar-refractivity contribution is 0.308. The molecule has 0 radical (unpaired) electrons. The highest BCUT2D eigenvalue weighted by Gasteiger charge is 2.04. The fourth-order valence-corrected chi connectivity index (χ4v) is 2.24. The van der Waals surface area contributed by atoms with Crippen LogP contribution in [0.4, 0.5) is 9.52 Å². The van der Waals surface area contributed by atoms with E-state index in [9.17, 15) is 4.39 Å². The summed E-state index contributed by atoms with van der Waals surface area (Å²) >= 11 is 7.11. The summed E-state index contributed by atoms with van der Waals surface area (Å²) in [6.45, 7) is 3.20. The van der Waals surface area contributed by atoms with Crippen molar-refractivity contribution in [2.75, 3.05) is 11.9 Å². The summed E-state index contributed by atoms with van der Waals surface area (Å²) < 4.78 is 18.6. The predicted molar refractivity (Wildman–Crippen MR) is 72.0 cm³/mol. The molecule has 0 saturated carbocycles. The van der Waals surface area contributed by atoms with Gasteiger partial charge in [0.05, 0.1) is 9.90 Å². The average Bonchev–Trinajstić information content (AvgIpc) is 2.79. The predicted octanol–water partition coefficient (Wildman–Crippen LogP) is 3.95. The molecule has 6 heteroatoms. The van der Waals surface area contributed by atoms with E-state index in [1.165, 1.54) is 23.5 Å². The zero-order valence-electron chi connectivity index (χ0n) is 9.74. The summed E-state index contributed by atoms with van der Waals surface area (Å²) in [4.78, 5) is 5.16. The summed E-state index contributed by atoms with van der Waals surface area (Å²) in [5, 5.41) is 4.07. The normalized spacial score (nSPS) is 10.4. The third kappa shape index (κ3) is 3.34. The maximum Gasteiger partial charge on any atom is 0.182 e. The fraction of sp³-hybridized carbons (Fsp3) is 0.250. The Labute approximate surface area is 114 Å². The van der Waals surface area contributed by atoms with Gasteiger partial charge in [-0.05, 0) is 19.1 Å². The summed E-state index contributed by atoms with van der Waals surface area (Å²) in [6, 6.07) is 4.38. The Kier molecular flexibility index (Phi) is 4.38. The maximum atomic E-state index is 13.2. The molecule has 3 nitrogen and oxygen atoms in total. The van der Waals surface area contributed by atoms with E-state index in [0.29, 0.717) is 12.4 Å². The van der Waals surface area contributed by atoms with E-state index in [0.717, 1.165) is 16.6 Å². The Morgan fingerprint density at radius 1 is 1.50 bits per heavy atom. The molecule has 0 fully saturated rings. The van der Waals surface area contributed by atoms with Gasteiger partial charge in [-0.1, -0.05) is 22.9 Å². The first-order chi connectivity index (χ1) is 8.69. The van der Waals surface area contributed by atoms with Crippen molar-refractivity contribution in [3.05, 3.63) is 40.1 Å². The van der Waals surface area contributed by atoms with Gasteiger partial charge in [-0.15, -0.1) is 0 Å². The van der Waals surface area contributed by atoms with Gasteiger partial charge in [0.25, 0.3) is 0 Å².